The maximum absolute atomic E-state index is 11.3. The standard InChI is InChI=1S/C10H15NO2/c1-10(3-2-4-10)7-11-6-8(12)5-9(11)13/h2-7H2,1H3. The number of nitrogens with zero attached hydrogens (tertiary/aromatic N) is 1. The largest absolute Gasteiger partial charge is 0.334 e. The molecule has 1 heterocycles. The monoisotopic (exact) mass is 181 g/mol. The van der Waals surface area contributed by atoms with E-state index in [0.717, 1.165) is 6.54 Å². The smallest absolute Gasteiger partial charge is 0.230 e. The number of amides is 1. The number of Topliss-reactive ketones (excluding diaryl/α,β-unsaturated/α-hetero) is 1. The Morgan fingerprint density at radius 2 is 2.08 bits per heavy atom. The average Bonchev–Trinajstić information content (AvgIpc) is 2.27. The molecule has 3 nitrogen and oxygen atoms in total. The zero-order valence-electron chi connectivity index (χ0n) is 8.01. The quantitative estimate of drug-likeness (QED) is 0.595. The van der Waals surface area contributed by atoms with E-state index in [1.807, 2.05) is 0 Å². The van der Waals surface area contributed by atoms with Crippen molar-refractivity contribution >= 4 is 11.7 Å². The number of likely N-dealkylation sites (tertiary alicyclic amines) is 1. The second-order valence-electron chi connectivity index (χ2n) is 4.63. The zero-order valence-corrected chi connectivity index (χ0v) is 8.01. The Bertz CT molecular complexity index is 256. The van der Waals surface area contributed by atoms with Crippen LogP contribution in [-0.2, 0) is 9.59 Å². The van der Waals surface area contributed by atoms with E-state index in [0.29, 0.717) is 12.0 Å². The number of hydrogen-bond acceptors (Lipinski definition) is 2. The lowest BCUT2D eigenvalue weighted by Gasteiger charge is -2.41. The molecule has 0 radical (unpaired) electrons. The van der Waals surface area contributed by atoms with Crippen LogP contribution >= 0.6 is 0 Å². The molecule has 72 valence electrons. The van der Waals surface area contributed by atoms with E-state index < -0.39 is 0 Å². The lowest BCUT2D eigenvalue weighted by atomic mass is 9.70. The number of carbonyl (C=O) groups is 2. The van der Waals surface area contributed by atoms with Crippen LogP contribution in [0.25, 0.3) is 0 Å². The highest BCUT2D eigenvalue weighted by atomic mass is 16.2. The van der Waals surface area contributed by atoms with Gasteiger partial charge in [-0.1, -0.05) is 13.3 Å². The molecule has 2 fully saturated rings. The van der Waals surface area contributed by atoms with Gasteiger partial charge >= 0.3 is 0 Å². The van der Waals surface area contributed by atoms with Gasteiger partial charge in [0.1, 0.15) is 0 Å². The summed E-state index contributed by atoms with van der Waals surface area (Å²) < 4.78 is 0. The normalized spacial score (nSPS) is 26.4. The van der Waals surface area contributed by atoms with Crippen molar-refractivity contribution in [3.05, 3.63) is 0 Å². The molecule has 1 amide bonds. The van der Waals surface area contributed by atoms with Crippen LogP contribution in [0.4, 0.5) is 0 Å². The lowest BCUT2D eigenvalue weighted by Crippen LogP contribution is -2.41. The summed E-state index contributed by atoms with van der Waals surface area (Å²) in [6, 6.07) is 0. The summed E-state index contributed by atoms with van der Waals surface area (Å²) in [6.45, 7) is 3.35. The maximum atomic E-state index is 11.3. The van der Waals surface area contributed by atoms with Gasteiger partial charge < -0.3 is 4.90 Å². The number of hydrogen-bond donors (Lipinski definition) is 0. The fourth-order valence-corrected chi connectivity index (χ4v) is 2.18. The maximum Gasteiger partial charge on any atom is 0.230 e. The summed E-state index contributed by atoms with van der Waals surface area (Å²) in [6.07, 6.45) is 3.80. The van der Waals surface area contributed by atoms with E-state index in [4.69, 9.17) is 0 Å². The minimum atomic E-state index is 0.0260. The fraction of sp³-hybridized carbons (Fsp3) is 0.800. The first-order valence-electron chi connectivity index (χ1n) is 4.89. The Labute approximate surface area is 78.1 Å². The summed E-state index contributed by atoms with van der Waals surface area (Å²) in [5.41, 5.74) is 0.306. The van der Waals surface area contributed by atoms with E-state index in [9.17, 15) is 9.59 Å². The first kappa shape index (κ1) is 8.73. The van der Waals surface area contributed by atoms with Gasteiger partial charge in [-0.15, -0.1) is 0 Å². The molecule has 0 aromatic rings. The molecule has 2 rings (SSSR count). The summed E-state index contributed by atoms with van der Waals surface area (Å²) in [4.78, 5) is 24.0. The van der Waals surface area contributed by atoms with E-state index in [1.165, 1.54) is 19.3 Å². The van der Waals surface area contributed by atoms with E-state index in [2.05, 4.69) is 6.92 Å². The summed E-state index contributed by atoms with van der Waals surface area (Å²) in [5.74, 6) is 0.103. The van der Waals surface area contributed by atoms with Crippen LogP contribution in [0.15, 0.2) is 0 Å². The van der Waals surface area contributed by atoms with Gasteiger partial charge in [-0.25, -0.2) is 0 Å². The second kappa shape index (κ2) is 2.82. The summed E-state index contributed by atoms with van der Waals surface area (Å²) in [7, 11) is 0. The van der Waals surface area contributed by atoms with Crippen molar-refractivity contribution in [2.24, 2.45) is 5.41 Å². The van der Waals surface area contributed by atoms with Crippen molar-refractivity contribution in [3.63, 3.8) is 0 Å². The zero-order chi connectivity index (χ0) is 9.47. The van der Waals surface area contributed by atoms with Crippen LogP contribution in [0.2, 0.25) is 0 Å². The van der Waals surface area contributed by atoms with Crippen molar-refractivity contribution < 1.29 is 9.59 Å². The minimum absolute atomic E-state index is 0.0260. The highest BCUT2D eigenvalue weighted by Gasteiger charge is 2.37. The molecule has 0 spiro atoms. The Hall–Kier alpha value is -0.860. The Balaban J connectivity index is 1.94. The molecule has 0 bridgehead atoms. The fourth-order valence-electron chi connectivity index (χ4n) is 2.18. The van der Waals surface area contributed by atoms with E-state index in [1.54, 1.807) is 4.90 Å². The predicted octanol–water partition coefficient (Wildman–Crippen LogP) is 0.978. The van der Waals surface area contributed by atoms with Gasteiger partial charge in [0, 0.05) is 6.54 Å². The van der Waals surface area contributed by atoms with Crippen LogP contribution in [0.5, 0.6) is 0 Å². The Morgan fingerprint density at radius 3 is 2.46 bits per heavy atom. The second-order valence-corrected chi connectivity index (χ2v) is 4.63. The SMILES string of the molecule is CC1(CN2CC(=O)CC2=O)CCC1. The van der Waals surface area contributed by atoms with Gasteiger partial charge in [0.05, 0.1) is 13.0 Å². The highest BCUT2D eigenvalue weighted by molar-refractivity contribution is 6.05. The van der Waals surface area contributed by atoms with Crippen LogP contribution in [0.1, 0.15) is 32.6 Å². The molecule has 1 aliphatic carbocycles. The van der Waals surface area contributed by atoms with E-state index >= 15 is 0 Å². The molecule has 1 saturated heterocycles. The molecule has 13 heavy (non-hydrogen) atoms. The average molecular weight is 181 g/mol. The van der Waals surface area contributed by atoms with Crippen molar-refractivity contribution in [3.8, 4) is 0 Å². The first-order chi connectivity index (χ1) is 6.09. The Morgan fingerprint density at radius 1 is 1.38 bits per heavy atom. The molecular formula is C10H15NO2. The van der Waals surface area contributed by atoms with Crippen molar-refractivity contribution in [2.75, 3.05) is 13.1 Å². The molecule has 3 heteroatoms. The molecular weight excluding hydrogens is 166 g/mol. The molecule has 1 saturated carbocycles. The molecule has 0 unspecified atom stereocenters. The van der Waals surface area contributed by atoms with Crippen LogP contribution in [0, 0.1) is 5.41 Å². The van der Waals surface area contributed by atoms with Gasteiger partial charge in [0.25, 0.3) is 0 Å². The lowest BCUT2D eigenvalue weighted by molar-refractivity contribution is -0.129. The number of ketones is 1. The third kappa shape index (κ3) is 1.60. The van der Waals surface area contributed by atoms with Crippen molar-refractivity contribution in [1.82, 2.24) is 4.90 Å². The molecule has 0 atom stereocenters. The molecule has 0 N–H and O–H groups in total. The van der Waals surface area contributed by atoms with Crippen molar-refractivity contribution in [1.29, 1.82) is 0 Å². The van der Waals surface area contributed by atoms with E-state index in [-0.39, 0.29) is 18.1 Å². The third-order valence-electron chi connectivity index (χ3n) is 3.20. The van der Waals surface area contributed by atoms with Gasteiger partial charge in [0.2, 0.25) is 5.91 Å². The molecule has 1 aliphatic heterocycles. The molecule has 0 aromatic heterocycles. The van der Waals surface area contributed by atoms with Crippen molar-refractivity contribution in [2.45, 2.75) is 32.6 Å². The predicted molar refractivity (Wildman–Crippen MR) is 48.2 cm³/mol. The Kier molecular flexibility index (Phi) is 1.90. The van der Waals surface area contributed by atoms with Gasteiger partial charge in [-0.05, 0) is 18.3 Å². The number of rotatable bonds is 2. The summed E-state index contributed by atoms with van der Waals surface area (Å²) >= 11 is 0. The number of carbonyl (C=O) groups excluding carboxylic acids is 2. The minimum Gasteiger partial charge on any atom is -0.334 e. The van der Waals surface area contributed by atoms with Gasteiger partial charge in [-0.2, -0.15) is 0 Å². The summed E-state index contributed by atoms with van der Waals surface area (Å²) in [5, 5.41) is 0. The van der Waals surface area contributed by atoms with Gasteiger partial charge in [-0.3, -0.25) is 9.59 Å². The highest BCUT2D eigenvalue weighted by Crippen LogP contribution is 2.41. The topological polar surface area (TPSA) is 37.4 Å². The third-order valence-corrected chi connectivity index (χ3v) is 3.20. The van der Waals surface area contributed by atoms with Crippen LogP contribution in [-0.4, -0.2) is 29.7 Å². The van der Waals surface area contributed by atoms with Crippen LogP contribution in [0.3, 0.4) is 0 Å². The molecule has 0 aromatic carbocycles. The van der Waals surface area contributed by atoms with Gasteiger partial charge in [0.15, 0.2) is 5.78 Å². The van der Waals surface area contributed by atoms with Crippen LogP contribution < -0.4 is 0 Å². The first-order valence-corrected chi connectivity index (χ1v) is 4.89. The molecule has 2 aliphatic rings.